The highest BCUT2D eigenvalue weighted by Crippen LogP contribution is 2.11. The first-order chi connectivity index (χ1) is 7.26. The van der Waals surface area contributed by atoms with Crippen LogP contribution in [0, 0.1) is 0 Å². The van der Waals surface area contributed by atoms with Gasteiger partial charge in [0.2, 0.25) is 0 Å². The number of carbonyl (C=O) groups is 1. The molecule has 3 heteroatoms. The molecule has 0 aliphatic heterocycles. The van der Waals surface area contributed by atoms with Gasteiger partial charge in [0.1, 0.15) is 0 Å². The smallest absolute Gasteiger partial charge is 0.199 e. The molecule has 1 N–H and O–H groups in total. The van der Waals surface area contributed by atoms with Crippen LogP contribution in [-0.4, -0.2) is 11.3 Å². The number of nitrogens with one attached hydrogen (secondary N) is 1. The summed E-state index contributed by atoms with van der Waals surface area (Å²) in [5, 5.41) is 0.582. The molecule has 15 heavy (non-hydrogen) atoms. The average Bonchev–Trinajstić information content (AvgIpc) is 2.29. The average molecular weight is 201 g/mol. The molecule has 0 fully saturated rings. The number of H-pyrrole nitrogens is 1. The Labute approximate surface area is 86.8 Å². The molecule has 76 valence electrons. The van der Waals surface area contributed by atoms with Gasteiger partial charge in [-0.05, 0) is 24.1 Å². The van der Waals surface area contributed by atoms with E-state index in [-0.39, 0.29) is 11.0 Å². The van der Waals surface area contributed by atoms with Crippen molar-refractivity contribution in [3.8, 4) is 0 Å². The summed E-state index contributed by atoms with van der Waals surface area (Å²) in [4.78, 5) is 25.3. The second-order valence-electron chi connectivity index (χ2n) is 3.42. The number of hydrogen-bond donors (Lipinski definition) is 1. The highest BCUT2D eigenvalue weighted by molar-refractivity contribution is 5.85. The third-order valence-corrected chi connectivity index (χ3v) is 2.51. The van der Waals surface area contributed by atoms with Gasteiger partial charge in [0.25, 0.3) is 0 Å². The topological polar surface area (TPSA) is 49.9 Å². The number of hydrogen-bond acceptors (Lipinski definition) is 2. The molecule has 1 heterocycles. The van der Waals surface area contributed by atoms with Gasteiger partial charge in [0.15, 0.2) is 11.7 Å². The van der Waals surface area contributed by atoms with Crippen molar-refractivity contribution in [3.63, 3.8) is 0 Å². The molecule has 0 saturated heterocycles. The predicted octanol–water partition coefficient (Wildman–Crippen LogP) is 1.90. The molecule has 2 rings (SSSR count). The maximum Gasteiger partial charge on any atom is 0.199 e. The fraction of sp³-hybridized carbons (Fsp3) is 0.167. The van der Waals surface area contributed by atoms with E-state index in [0.29, 0.717) is 11.7 Å². The Hall–Kier alpha value is -1.90. The van der Waals surface area contributed by atoms with Crippen molar-refractivity contribution in [3.05, 3.63) is 45.7 Å². The van der Waals surface area contributed by atoms with Crippen LogP contribution in [0.15, 0.2) is 29.2 Å². The first-order valence-corrected chi connectivity index (χ1v) is 4.85. The highest BCUT2D eigenvalue weighted by atomic mass is 16.1. The molecule has 0 spiro atoms. The molecule has 0 aliphatic carbocycles. The molecular weight excluding hydrogens is 190 g/mol. The van der Waals surface area contributed by atoms with Gasteiger partial charge in [-0.2, -0.15) is 0 Å². The molecule has 0 bridgehead atoms. The molecule has 2 aromatic rings. The predicted molar refractivity (Wildman–Crippen MR) is 59.3 cm³/mol. The van der Waals surface area contributed by atoms with Crippen molar-refractivity contribution < 1.29 is 4.79 Å². The zero-order valence-electron chi connectivity index (χ0n) is 8.41. The molecule has 0 saturated carbocycles. The van der Waals surface area contributed by atoms with E-state index in [4.69, 9.17) is 0 Å². The van der Waals surface area contributed by atoms with Crippen molar-refractivity contribution in [2.24, 2.45) is 0 Å². The van der Waals surface area contributed by atoms with Gasteiger partial charge in [0, 0.05) is 17.1 Å². The van der Waals surface area contributed by atoms with Crippen molar-refractivity contribution in [1.82, 2.24) is 4.98 Å². The van der Waals surface area contributed by atoms with E-state index in [0.717, 1.165) is 17.5 Å². The minimum atomic E-state index is -0.200. The van der Waals surface area contributed by atoms with E-state index < -0.39 is 0 Å². The Bertz CT molecular complexity index is 569. The fourth-order valence-electron chi connectivity index (χ4n) is 1.59. The minimum absolute atomic E-state index is 0.177. The summed E-state index contributed by atoms with van der Waals surface area (Å²) >= 11 is 0. The molecule has 0 atom stereocenters. The van der Waals surface area contributed by atoms with Crippen molar-refractivity contribution in [1.29, 1.82) is 0 Å². The first kappa shape index (κ1) is 9.65. The quantitative estimate of drug-likeness (QED) is 0.754. The zero-order valence-corrected chi connectivity index (χ0v) is 8.41. The lowest BCUT2D eigenvalue weighted by Gasteiger charge is -2.01. The molecule has 3 nitrogen and oxygen atoms in total. The van der Waals surface area contributed by atoms with Gasteiger partial charge in [-0.15, -0.1) is 0 Å². The normalized spacial score (nSPS) is 10.5. The van der Waals surface area contributed by atoms with Crippen LogP contribution in [0.3, 0.4) is 0 Å². The Morgan fingerprint density at radius 2 is 2.20 bits per heavy atom. The van der Waals surface area contributed by atoms with Crippen LogP contribution >= 0.6 is 0 Å². The number of carbonyl (C=O) groups excluding carboxylic acids is 1. The second-order valence-corrected chi connectivity index (χ2v) is 3.42. The van der Waals surface area contributed by atoms with E-state index in [1.807, 2.05) is 25.1 Å². The fourth-order valence-corrected chi connectivity index (χ4v) is 1.59. The van der Waals surface area contributed by atoms with Gasteiger partial charge >= 0.3 is 0 Å². The lowest BCUT2D eigenvalue weighted by Crippen LogP contribution is -2.09. The summed E-state index contributed by atoms with van der Waals surface area (Å²) in [6, 6.07) is 5.67. The van der Waals surface area contributed by atoms with Crippen molar-refractivity contribution >= 4 is 17.2 Å². The van der Waals surface area contributed by atoms with Crippen LogP contribution in [-0.2, 0) is 6.42 Å². The zero-order chi connectivity index (χ0) is 10.8. The molecule has 0 aliphatic rings. The Morgan fingerprint density at radius 3 is 2.87 bits per heavy atom. The third-order valence-electron chi connectivity index (χ3n) is 2.51. The Kier molecular flexibility index (Phi) is 2.37. The van der Waals surface area contributed by atoms with Gasteiger partial charge in [-0.25, -0.2) is 0 Å². The number of rotatable bonds is 2. The number of aldehydes is 1. The molecule has 1 aromatic carbocycles. The third kappa shape index (κ3) is 1.56. The summed E-state index contributed by atoms with van der Waals surface area (Å²) in [7, 11) is 0. The maximum atomic E-state index is 11.8. The van der Waals surface area contributed by atoms with Gasteiger partial charge in [-0.1, -0.05) is 13.0 Å². The van der Waals surface area contributed by atoms with Crippen LogP contribution in [0.4, 0.5) is 0 Å². The standard InChI is InChI=1S/C12H11NO2/c1-2-8-3-4-11-10(5-8)12(15)9(7-14)6-13-11/h3-7H,2H2,1H3,(H,13,15). The van der Waals surface area contributed by atoms with E-state index in [1.165, 1.54) is 6.20 Å². The molecule has 0 amide bonds. The largest absolute Gasteiger partial charge is 0.360 e. The number of aromatic amines is 1. The van der Waals surface area contributed by atoms with Gasteiger partial charge < -0.3 is 4.98 Å². The summed E-state index contributed by atoms with van der Waals surface area (Å²) < 4.78 is 0. The first-order valence-electron chi connectivity index (χ1n) is 4.85. The summed E-state index contributed by atoms with van der Waals surface area (Å²) in [6.45, 7) is 2.03. The number of aromatic nitrogens is 1. The van der Waals surface area contributed by atoms with Crippen molar-refractivity contribution in [2.75, 3.05) is 0 Å². The minimum Gasteiger partial charge on any atom is -0.360 e. The van der Waals surface area contributed by atoms with E-state index in [1.54, 1.807) is 0 Å². The van der Waals surface area contributed by atoms with Crippen LogP contribution in [0.5, 0.6) is 0 Å². The van der Waals surface area contributed by atoms with E-state index in [9.17, 15) is 9.59 Å². The number of aryl methyl sites for hydroxylation is 1. The van der Waals surface area contributed by atoms with Gasteiger partial charge in [0.05, 0.1) is 5.56 Å². The molecule has 1 aromatic heterocycles. The second kappa shape index (κ2) is 3.69. The number of pyridine rings is 1. The summed E-state index contributed by atoms with van der Waals surface area (Å²) in [5.41, 5.74) is 1.84. The Balaban J connectivity index is 2.83. The highest BCUT2D eigenvalue weighted by Gasteiger charge is 2.04. The van der Waals surface area contributed by atoms with Crippen LogP contribution in [0.2, 0.25) is 0 Å². The lowest BCUT2D eigenvalue weighted by atomic mass is 10.1. The molecule has 0 radical (unpaired) electrons. The molecule has 0 unspecified atom stereocenters. The van der Waals surface area contributed by atoms with Crippen LogP contribution in [0.25, 0.3) is 10.9 Å². The van der Waals surface area contributed by atoms with Gasteiger partial charge in [-0.3, -0.25) is 9.59 Å². The summed E-state index contributed by atoms with van der Waals surface area (Å²) in [5.74, 6) is 0. The number of fused-ring (bicyclic) bond motifs is 1. The SMILES string of the molecule is CCc1ccc2[nH]cc(C=O)c(=O)c2c1. The lowest BCUT2D eigenvalue weighted by molar-refractivity contribution is 0.112. The van der Waals surface area contributed by atoms with E-state index >= 15 is 0 Å². The number of benzene rings is 1. The summed E-state index contributed by atoms with van der Waals surface area (Å²) in [6.07, 6.45) is 2.90. The Morgan fingerprint density at radius 1 is 1.40 bits per heavy atom. The van der Waals surface area contributed by atoms with E-state index in [2.05, 4.69) is 4.98 Å². The monoisotopic (exact) mass is 201 g/mol. The van der Waals surface area contributed by atoms with Crippen LogP contribution in [0.1, 0.15) is 22.8 Å². The molecular formula is C12H11NO2. The maximum absolute atomic E-state index is 11.8. The van der Waals surface area contributed by atoms with Crippen molar-refractivity contribution in [2.45, 2.75) is 13.3 Å². The van der Waals surface area contributed by atoms with Crippen LogP contribution < -0.4 is 5.43 Å².